The summed E-state index contributed by atoms with van der Waals surface area (Å²) in [6.07, 6.45) is -0.547. The van der Waals surface area contributed by atoms with Gasteiger partial charge in [-0.1, -0.05) is 12.1 Å². The third-order valence-electron chi connectivity index (χ3n) is 9.01. The first-order chi connectivity index (χ1) is 26.3. The van der Waals surface area contributed by atoms with Gasteiger partial charge < -0.3 is 19.7 Å². The number of amides is 2. The molecule has 4 unspecified atom stereocenters. The van der Waals surface area contributed by atoms with Crippen LogP contribution in [0.2, 0.25) is 0 Å². The van der Waals surface area contributed by atoms with Crippen molar-refractivity contribution in [3.8, 4) is 11.5 Å². The minimum Gasteiger partial charge on any atom is -0.496 e. The molecule has 2 aliphatic heterocycles. The Hall–Kier alpha value is -6.14. The summed E-state index contributed by atoms with van der Waals surface area (Å²) in [5.74, 6) is -2.40. The van der Waals surface area contributed by atoms with Gasteiger partial charge in [-0.05, 0) is 66.1 Å². The summed E-state index contributed by atoms with van der Waals surface area (Å²) in [6, 6.07) is 21.7. The van der Waals surface area contributed by atoms with Gasteiger partial charge in [0.15, 0.2) is 0 Å². The fraction of sp³-hybridized carbons (Fsp3) is 0.243. The van der Waals surface area contributed by atoms with Crippen molar-refractivity contribution in [3.63, 3.8) is 0 Å². The number of carbonyl (C=O) groups excluding carboxylic acids is 2. The average Bonchev–Trinajstić information content (AvgIpc) is 3.65. The number of carboxylic acids is 2. The van der Waals surface area contributed by atoms with Gasteiger partial charge in [0.25, 0.3) is 11.4 Å². The summed E-state index contributed by atoms with van der Waals surface area (Å²) >= 11 is 2.27. The number of thioether (sulfide) groups is 2. The molecule has 0 aliphatic carbocycles. The van der Waals surface area contributed by atoms with E-state index in [-0.39, 0.29) is 11.4 Å². The minimum absolute atomic E-state index is 0.172. The molecule has 2 aliphatic rings. The second kappa shape index (κ2) is 16.1. The van der Waals surface area contributed by atoms with Gasteiger partial charge in [-0.15, -0.1) is 23.5 Å². The first-order valence-corrected chi connectivity index (χ1v) is 18.4. The molecular weight excluding hydrogens is 757 g/mol. The van der Waals surface area contributed by atoms with Crippen LogP contribution in [0.3, 0.4) is 0 Å². The van der Waals surface area contributed by atoms with E-state index in [9.17, 15) is 49.6 Å². The Labute approximate surface area is 321 Å². The topological polar surface area (TPSA) is 220 Å². The highest BCUT2D eigenvalue weighted by atomic mass is 32.2. The molecule has 2 heterocycles. The number of ether oxygens (including phenoxy) is 2. The molecule has 6 rings (SSSR count). The number of aliphatic carboxylic acids is 2. The van der Waals surface area contributed by atoms with Crippen LogP contribution in [-0.2, 0) is 25.6 Å². The maximum atomic E-state index is 13.7. The number of hydrogen-bond donors (Lipinski definition) is 2. The zero-order valence-corrected chi connectivity index (χ0v) is 30.7. The number of benzene rings is 4. The summed E-state index contributed by atoms with van der Waals surface area (Å²) in [6.45, 7) is 0. The SMILES string of the molecule is COc1ccc(Cc2ccc(OC)c(C3SC(CC(=O)O)C(=O)N3c3ccc([N+](=O)[O-])cc3)c2)cc1C1SC(CC(=O)O)C(=O)N1c1ccc([N+](=O)[O-])cc1. The van der Waals surface area contributed by atoms with Crippen LogP contribution >= 0.6 is 23.5 Å². The molecule has 4 atom stereocenters. The van der Waals surface area contributed by atoms with Crippen LogP contribution in [0, 0.1) is 20.2 Å². The van der Waals surface area contributed by atoms with E-state index in [1.165, 1.54) is 72.6 Å². The summed E-state index contributed by atoms with van der Waals surface area (Å²) in [4.78, 5) is 75.1. The number of methoxy groups -OCH3 is 2. The molecule has 2 saturated heterocycles. The molecule has 18 heteroatoms. The number of nitro groups is 2. The Kier molecular flexibility index (Phi) is 11.3. The first kappa shape index (κ1) is 38.6. The first-order valence-electron chi connectivity index (χ1n) is 16.5. The summed E-state index contributed by atoms with van der Waals surface area (Å²) in [5, 5.41) is 38.4. The second-order valence-corrected chi connectivity index (χ2v) is 15.0. The number of carboxylic acid groups (broad SMARTS) is 2. The zero-order valence-electron chi connectivity index (χ0n) is 29.1. The van der Waals surface area contributed by atoms with Crippen molar-refractivity contribution in [1.82, 2.24) is 0 Å². The smallest absolute Gasteiger partial charge is 0.305 e. The van der Waals surface area contributed by atoms with Crippen LogP contribution in [0.5, 0.6) is 11.5 Å². The molecule has 0 aromatic heterocycles. The van der Waals surface area contributed by atoms with Crippen LogP contribution in [-0.4, -0.2) is 68.5 Å². The van der Waals surface area contributed by atoms with Gasteiger partial charge in [-0.3, -0.25) is 49.2 Å². The largest absolute Gasteiger partial charge is 0.496 e. The van der Waals surface area contributed by atoms with E-state index < -0.39 is 67.7 Å². The average molecular weight is 789 g/mol. The van der Waals surface area contributed by atoms with E-state index in [2.05, 4.69) is 0 Å². The van der Waals surface area contributed by atoms with E-state index >= 15 is 0 Å². The number of nitro benzene ring substituents is 2. The van der Waals surface area contributed by atoms with Crippen molar-refractivity contribution < 1.29 is 48.7 Å². The van der Waals surface area contributed by atoms with E-state index in [1.54, 1.807) is 12.1 Å². The van der Waals surface area contributed by atoms with E-state index in [4.69, 9.17) is 9.47 Å². The molecule has 4 aromatic rings. The van der Waals surface area contributed by atoms with Crippen LogP contribution in [0.1, 0.15) is 45.8 Å². The molecule has 2 fully saturated rings. The van der Waals surface area contributed by atoms with Crippen molar-refractivity contribution in [3.05, 3.63) is 127 Å². The Morgan fingerprint density at radius 1 is 0.655 bits per heavy atom. The van der Waals surface area contributed by atoms with Crippen LogP contribution < -0.4 is 19.3 Å². The lowest BCUT2D eigenvalue weighted by Crippen LogP contribution is -2.32. The Morgan fingerprint density at radius 2 is 1.02 bits per heavy atom. The number of carbonyl (C=O) groups is 4. The minimum atomic E-state index is -1.16. The lowest BCUT2D eigenvalue weighted by Gasteiger charge is -2.26. The van der Waals surface area contributed by atoms with E-state index in [0.29, 0.717) is 40.4 Å². The van der Waals surface area contributed by atoms with Gasteiger partial charge in [0.2, 0.25) is 11.8 Å². The van der Waals surface area contributed by atoms with Gasteiger partial charge in [-0.2, -0.15) is 0 Å². The summed E-state index contributed by atoms with van der Waals surface area (Å²) in [5.41, 5.74) is 3.02. The Morgan fingerprint density at radius 3 is 1.33 bits per heavy atom. The van der Waals surface area contributed by atoms with Crippen LogP contribution in [0.25, 0.3) is 0 Å². The van der Waals surface area contributed by atoms with Crippen LogP contribution in [0.15, 0.2) is 84.9 Å². The Balaban J connectivity index is 1.37. The molecular formula is C37H32N4O12S2. The monoisotopic (exact) mass is 788 g/mol. The maximum absolute atomic E-state index is 13.7. The van der Waals surface area contributed by atoms with Crippen molar-refractivity contribution in [2.45, 2.75) is 40.5 Å². The van der Waals surface area contributed by atoms with Crippen molar-refractivity contribution >= 4 is 70.0 Å². The summed E-state index contributed by atoms with van der Waals surface area (Å²) in [7, 11) is 2.94. The van der Waals surface area contributed by atoms with Gasteiger partial charge >= 0.3 is 11.9 Å². The predicted molar refractivity (Wildman–Crippen MR) is 203 cm³/mol. The number of rotatable bonds is 14. The lowest BCUT2D eigenvalue weighted by atomic mass is 9.99. The molecule has 4 aromatic carbocycles. The molecule has 284 valence electrons. The molecule has 0 spiro atoms. The highest BCUT2D eigenvalue weighted by Crippen LogP contribution is 2.51. The zero-order chi connectivity index (χ0) is 39.6. The third-order valence-corrected chi connectivity index (χ3v) is 11.8. The molecule has 0 saturated carbocycles. The number of hydrogen-bond acceptors (Lipinski definition) is 12. The highest BCUT2D eigenvalue weighted by Gasteiger charge is 2.45. The molecule has 0 bridgehead atoms. The predicted octanol–water partition coefficient (Wildman–Crippen LogP) is 6.35. The van der Waals surface area contributed by atoms with Crippen LogP contribution in [0.4, 0.5) is 22.7 Å². The standard InChI is InChI=1S/C37H32N4O12S2/c1-52-28-13-3-20(16-26(28)36-38(34(46)30(54-36)18-32(42)43)22-5-9-24(10-6-22)40(48)49)15-21-4-14-29(53-2)27(17-21)37-39(35(47)31(55-37)19-33(44)45)23-7-11-25(12-8-23)41(50)51/h3-14,16-17,30-31,36-37H,15,18-19H2,1-2H3,(H,42,43)(H,44,45). The molecule has 2 N–H and O–H groups in total. The Bertz CT molecular complexity index is 2030. The number of nitrogens with zero attached hydrogens (tertiary/aromatic N) is 4. The van der Waals surface area contributed by atoms with Gasteiger partial charge in [0, 0.05) is 46.8 Å². The normalized spacial score (nSPS) is 19.4. The van der Waals surface area contributed by atoms with Gasteiger partial charge in [0.05, 0.1) is 47.4 Å². The maximum Gasteiger partial charge on any atom is 0.305 e. The van der Waals surface area contributed by atoms with Crippen molar-refractivity contribution in [1.29, 1.82) is 0 Å². The van der Waals surface area contributed by atoms with Gasteiger partial charge in [0.1, 0.15) is 22.2 Å². The number of non-ortho nitro benzene ring substituents is 2. The lowest BCUT2D eigenvalue weighted by molar-refractivity contribution is -0.385. The quantitative estimate of drug-likeness (QED) is 0.105. The van der Waals surface area contributed by atoms with E-state index in [0.717, 1.165) is 34.7 Å². The fourth-order valence-corrected chi connectivity index (χ4v) is 9.42. The summed E-state index contributed by atoms with van der Waals surface area (Å²) < 4.78 is 11.4. The highest BCUT2D eigenvalue weighted by molar-refractivity contribution is 8.01. The molecule has 0 radical (unpaired) electrons. The molecule has 2 amide bonds. The second-order valence-electron chi connectivity index (χ2n) is 12.4. The van der Waals surface area contributed by atoms with Crippen molar-refractivity contribution in [2.24, 2.45) is 0 Å². The fourth-order valence-electron chi connectivity index (χ4n) is 6.51. The van der Waals surface area contributed by atoms with Crippen molar-refractivity contribution in [2.75, 3.05) is 24.0 Å². The third kappa shape index (κ3) is 8.04. The molecule has 16 nitrogen and oxygen atoms in total. The van der Waals surface area contributed by atoms with Gasteiger partial charge in [-0.25, -0.2) is 0 Å². The number of anilines is 2. The van der Waals surface area contributed by atoms with E-state index in [1.807, 2.05) is 24.3 Å². The molecule has 55 heavy (non-hydrogen) atoms.